The highest BCUT2D eigenvalue weighted by Gasteiger charge is 2.20. The van der Waals surface area contributed by atoms with Gasteiger partial charge < -0.3 is 9.67 Å². The average Bonchev–Trinajstić information content (AvgIpc) is 2.84. The third-order valence-corrected chi connectivity index (χ3v) is 3.86. The van der Waals surface area contributed by atoms with Gasteiger partial charge in [-0.05, 0) is 13.3 Å². The molecule has 0 unspecified atom stereocenters. The monoisotopic (exact) mass is 296 g/mol. The second kappa shape index (κ2) is 6.99. The third kappa shape index (κ3) is 3.27. The van der Waals surface area contributed by atoms with E-state index in [1.54, 1.807) is 13.3 Å². The molecule has 0 amide bonds. The minimum Gasteiger partial charge on any atom is -0.391 e. The lowest BCUT2D eigenvalue weighted by molar-refractivity contribution is 0.124. The summed E-state index contributed by atoms with van der Waals surface area (Å²) in [6, 6.07) is -0.0252. The van der Waals surface area contributed by atoms with Crippen molar-refractivity contribution in [3.05, 3.63) is 17.8 Å². The molecule has 2 aromatic rings. The molecule has 0 bridgehead atoms. The molecule has 0 aliphatic heterocycles. The molecule has 5 nitrogen and oxygen atoms in total. The first-order valence-corrected chi connectivity index (χ1v) is 7.54. The highest BCUT2D eigenvalue weighted by atomic mass is 35.5. The molecular weight excluding hydrogens is 276 g/mol. The minimum atomic E-state index is -0.456. The number of fused-ring (bicyclic) bond motifs is 1. The molecule has 0 aliphatic rings. The maximum absolute atomic E-state index is 10.0. The van der Waals surface area contributed by atoms with Crippen molar-refractivity contribution < 1.29 is 5.11 Å². The van der Waals surface area contributed by atoms with E-state index in [9.17, 15) is 5.11 Å². The Morgan fingerprint density at radius 2 is 2.05 bits per heavy atom. The standard InChI is InChI=1S/C14H21ClN4O/c1-3-4-5-6-7-11(10(2)20)19-9-18-12-13(15)16-8-17-14(12)19/h8-11,20H,3-7H2,1-2H3/t10-,11+/m0/s1. The molecule has 2 heterocycles. The van der Waals surface area contributed by atoms with Gasteiger partial charge in [-0.2, -0.15) is 0 Å². The molecule has 6 heteroatoms. The fraction of sp³-hybridized carbons (Fsp3) is 0.643. The van der Waals surface area contributed by atoms with Crippen molar-refractivity contribution in [3.63, 3.8) is 0 Å². The van der Waals surface area contributed by atoms with E-state index in [4.69, 9.17) is 11.6 Å². The molecule has 0 fully saturated rings. The van der Waals surface area contributed by atoms with Gasteiger partial charge in [0, 0.05) is 0 Å². The summed E-state index contributed by atoms with van der Waals surface area (Å²) in [4.78, 5) is 12.4. The molecule has 2 rings (SSSR count). The van der Waals surface area contributed by atoms with Crippen LogP contribution < -0.4 is 0 Å². The summed E-state index contributed by atoms with van der Waals surface area (Å²) in [5.41, 5.74) is 1.28. The molecule has 0 aromatic carbocycles. The molecule has 0 radical (unpaired) electrons. The van der Waals surface area contributed by atoms with Crippen LogP contribution in [0.1, 0.15) is 52.0 Å². The van der Waals surface area contributed by atoms with Crippen LogP contribution in [-0.2, 0) is 0 Å². The zero-order chi connectivity index (χ0) is 14.5. The Kier molecular flexibility index (Phi) is 5.31. The quantitative estimate of drug-likeness (QED) is 0.628. The van der Waals surface area contributed by atoms with Gasteiger partial charge in [-0.15, -0.1) is 0 Å². The number of nitrogens with zero attached hydrogens (tertiary/aromatic N) is 4. The predicted octanol–water partition coefficient (Wildman–Crippen LogP) is 3.37. The number of halogens is 1. The van der Waals surface area contributed by atoms with Crippen molar-refractivity contribution >= 4 is 22.8 Å². The van der Waals surface area contributed by atoms with Crippen LogP contribution in [0.15, 0.2) is 12.7 Å². The maximum atomic E-state index is 10.0. The summed E-state index contributed by atoms with van der Waals surface area (Å²) in [5, 5.41) is 10.4. The van der Waals surface area contributed by atoms with Gasteiger partial charge in [0.2, 0.25) is 0 Å². The Bertz CT molecular complexity index is 555. The number of aliphatic hydroxyl groups excluding tert-OH is 1. The molecule has 110 valence electrons. The van der Waals surface area contributed by atoms with Crippen LogP contribution in [0.4, 0.5) is 0 Å². The Labute approximate surface area is 124 Å². The van der Waals surface area contributed by atoms with Crippen molar-refractivity contribution in [2.24, 2.45) is 0 Å². The Balaban J connectivity index is 2.21. The van der Waals surface area contributed by atoms with Crippen LogP contribution in [0.2, 0.25) is 5.15 Å². The lowest BCUT2D eigenvalue weighted by Crippen LogP contribution is -2.21. The van der Waals surface area contributed by atoms with Gasteiger partial charge in [-0.25, -0.2) is 15.0 Å². The highest BCUT2D eigenvalue weighted by Crippen LogP contribution is 2.26. The SMILES string of the molecule is CCCCCC[C@H]([C@H](C)O)n1cnc2c(Cl)ncnc21. The van der Waals surface area contributed by atoms with Crippen molar-refractivity contribution in [1.29, 1.82) is 0 Å². The van der Waals surface area contributed by atoms with Gasteiger partial charge >= 0.3 is 0 Å². The van der Waals surface area contributed by atoms with E-state index in [0.717, 1.165) is 12.8 Å². The number of aliphatic hydroxyl groups is 1. The molecule has 0 saturated carbocycles. The molecule has 2 atom stereocenters. The van der Waals surface area contributed by atoms with Gasteiger partial charge in [-0.3, -0.25) is 0 Å². The van der Waals surface area contributed by atoms with Crippen LogP contribution in [0.3, 0.4) is 0 Å². The van der Waals surface area contributed by atoms with Gasteiger partial charge in [0.15, 0.2) is 10.8 Å². The Hall–Kier alpha value is -1.20. The van der Waals surface area contributed by atoms with E-state index < -0.39 is 6.10 Å². The maximum Gasteiger partial charge on any atom is 0.165 e. The second-order valence-electron chi connectivity index (χ2n) is 5.15. The normalized spacial score (nSPS) is 14.6. The van der Waals surface area contributed by atoms with E-state index in [0.29, 0.717) is 16.3 Å². The van der Waals surface area contributed by atoms with Crippen molar-refractivity contribution in [3.8, 4) is 0 Å². The first-order valence-electron chi connectivity index (χ1n) is 7.16. The van der Waals surface area contributed by atoms with E-state index in [2.05, 4.69) is 21.9 Å². The number of aromatic nitrogens is 4. The summed E-state index contributed by atoms with van der Waals surface area (Å²) in [6.07, 6.45) is 8.28. The van der Waals surface area contributed by atoms with Crippen molar-refractivity contribution in [1.82, 2.24) is 19.5 Å². The number of rotatable bonds is 7. The number of unbranched alkanes of at least 4 members (excludes halogenated alkanes) is 3. The van der Waals surface area contributed by atoms with E-state index >= 15 is 0 Å². The molecule has 20 heavy (non-hydrogen) atoms. The fourth-order valence-electron chi connectivity index (χ4n) is 2.46. The largest absolute Gasteiger partial charge is 0.391 e. The summed E-state index contributed by atoms with van der Waals surface area (Å²) < 4.78 is 1.92. The minimum absolute atomic E-state index is 0.0252. The topological polar surface area (TPSA) is 63.8 Å². The summed E-state index contributed by atoms with van der Waals surface area (Å²) >= 11 is 6.01. The first kappa shape index (κ1) is 15.2. The van der Waals surface area contributed by atoms with Crippen LogP contribution in [0.25, 0.3) is 11.2 Å². The number of imidazole rings is 1. The lowest BCUT2D eigenvalue weighted by Gasteiger charge is -2.21. The Morgan fingerprint density at radius 3 is 2.75 bits per heavy atom. The molecule has 2 aromatic heterocycles. The van der Waals surface area contributed by atoms with Crippen LogP contribution in [0, 0.1) is 0 Å². The van der Waals surface area contributed by atoms with Gasteiger partial charge in [0.25, 0.3) is 0 Å². The lowest BCUT2D eigenvalue weighted by atomic mass is 10.0. The predicted molar refractivity (Wildman–Crippen MR) is 79.8 cm³/mol. The van der Waals surface area contributed by atoms with Gasteiger partial charge in [0.1, 0.15) is 11.8 Å². The zero-order valence-electron chi connectivity index (χ0n) is 12.0. The van der Waals surface area contributed by atoms with E-state index in [1.165, 1.54) is 25.6 Å². The molecule has 0 spiro atoms. The number of hydrogen-bond donors (Lipinski definition) is 1. The second-order valence-corrected chi connectivity index (χ2v) is 5.50. The average molecular weight is 297 g/mol. The third-order valence-electron chi connectivity index (χ3n) is 3.58. The number of hydrogen-bond acceptors (Lipinski definition) is 4. The smallest absolute Gasteiger partial charge is 0.165 e. The van der Waals surface area contributed by atoms with Crippen LogP contribution in [-0.4, -0.2) is 30.7 Å². The van der Waals surface area contributed by atoms with Crippen LogP contribution in [0.5, 0.6) is 0 Å². The highest BCUT2D eigenvalue weighted by molar-refractivity contribution is 6.33. The molecule has 1 N–H and O–H groups in total. The van der Waals surface area contributed by atoms with E-state index in [-0.39, 0.29) is 6.04 Å². The van der Waals surface area contributed by atoms with E-state index in [1.807, 2.05) is 4.57 Å². The molecule has 0 aliphatic carbocycles. The molecule has 0 saturated heterocycles. The zero-order valence-corrected chi connectivity index (χ0v) is 12.7. The summed E-state index contributed by atoms with van der Waals surface area (Å²) in [6.45, 7) is 3.99. The molecular formula is C14H21ClN4O. The van der Waals surface area contributed by atoms with Crippen LogP contribution >= 0.6 is 11.6 Å². The summed E-state index contributed by atoms with van der Waals surface area (Å²) in [7, 11) is 0. The fourth-order valence-corrected chi connectivity index (χ4v) is 2.64. The van der Waals surface area contributed by atoms with Gasteiger partial charge in [0.05, 0.1) is 18.5 Å². The van der Waals surface area contributed by atoms with Crippen molar-refractivity contribution in [2.45, 2.75) is 58.1 Å². The first-order chi connectivity index (χ1) is 9.65. The Morgan fingerprint density at radius 1 is 1.25 bits per heavy atom. The van der Waals surface area contributed by atoms with Crippen molar-refractivity contribution in [2.75, 3.05) is 0 Å². The summed E-state index contributed by atoms with van der Waals surface area (Å²) in [5.74, 6) is 0. The van der Waals surface area contributed by atoms with Gasteiger partial charge in [-0.1, -0.05) is 44.2 Å².